The summed E-state index contributed by atoms with van der Waals surface area (Å²) in [6.07, 6.45) is 1.78. The molecule has 12 heavy (non-hydrogen) atoms. The van der Waals surface area contributed by atoms with Crippen molar-refractivity contribution in [2.75, 3.05) is 0 Å². The first-order chi connectivity index (χ1) is 5.77. The molecule has 1 atom stereocenters. The van der Waals surface area contributed by atoms with E-state index in [4.69, 9.17) is 4.74 Å². The van der Waals surface area contributed by atoms with Gasteiger partial charge in [0, 0.05) is 0 Å². The quantitative estimate of drug-likeness (QED) is 0.618. The minimum atomic E-state index is -0.207. The van der Waals surface area contributed by atoms with Crippen molar-refractivity contribution >= 4 is 22.9 Å². The van der Waals surface area contributed by atoms with Crippen LogP contribution in [0.5, 0.6) is 0 Å². The minimum Gasteiger partial charge on any atom is -0.455 e. The van der Waals surface area contributed by atoms with Gasteiger partial charge >= 0.3 is 5.97 Å². The molecule has 1 aliphatic heterocycles. The lowest BCUT2D eigenvalue weighted by Gasteiger charge is -1.97. The summed E-state index contributed by atoms with van der Waals surface area (Å²) in [6, 6.07) is 1.93. The minimum absolute atomic E-state index is 0.0765. The van der Waals surface area contributed by atoms with Gasteiger partial charge in [-0.3, -0.25) is 0 Å². The summed E-state index contributed by atoms with van der Waals surface area (Å²) in [7, 11) is 0. The van der Waals surface area contributed by atoms with Crippen LogP contribution in [0.2, 0.25) is 0 Å². The van der Waals surface area contributed by atoms with Crippen molar-refractivity contribution in [3.63, 3.8) is 0 Å². The Labute approximate surface area is 74.5 Å². The fourth-order valence-electron chi connectivity index (χ4n) is 1.20. The maximum atomic E-state index is 11.2. The standard InChI is InChI=1S/C9H8O2S/c1-6-4-8(9(10)11-6)7-2-3-12-5-7/h2-6H,1H3. The molecule has 0 amide bonds. The number of cyclic esters (lactones) is 1. The van der Waals surface area contributed by atoms with E-state index in [-0.39, 0.29) is 12.1 Å². The van der Waals surface area contributed by atoms with Crippen molar-refractivity contribution in [3.8, 4) is 0 Å². The van der Waals surface area contributed by atoms with Gasteiger partial charge < -0.3 is 4.74 Å². The molecule has 1 aliphatic rings. The second-order valence-corrected chi connectivity index (χ2v) is 3.48. The summed E-state index contributed by atoms with van der Waals surface area (Å²) in [4.78, 5) is 11.2. The Hall–Kier alpha value is -1.09. The molecule has 0 spiro atoms. The molecule has 0 radical (unpaired) electrons. The Kier molecular flexibility index (Phi) is 1.73. The molecule has 1 aromatic heterocycles. The first kappa shape index (κ1) is 7.55. The van der Waals surface area contributed by atoms with E-state index in [1.54, 1.807) is 11.3 Å². The zero-order valence-electron chi connectivity index (χ0n) is 6.61. The first-order valence-electron chi connectivity index (χ1n) is 3.73. The zero-order chi connectivity index (χ0) is 8.55. The molecule has 0 saturated carbocycles. The van der Waals surface area contributed by atoms with E-state index in [9.17, 15) is 4.79 Å². The molecule has 0 fully saturated rings. The van der Waals surface area contributed by atoms with Crippen LogP contribution in [0, 0.1) is 0 Å². The van der Waals surface area contributed by atoms with Gasteiger partial charge in [0.2, 0.25) is 0 Å². The summed E-state index contributed by atoms with van der Waals surface area (Å²) in [5.74, 6) is -0.207. The van der Waals surface area contributed by atoms with Gasteiger partial charge in [0.05, 0.1) is 5.57 Å². The van der Waals surface area contributed by atoms with Gasteiger partial charge in [0.25, 0.3) is 0 Å². The third-order valence-corrected chi connectivity index (χ3v) is 2.43. The molecule has 0 aliphatic carbocycles. The lowest BCUT2D eigenvalue weighted by atomic mass is 10.1. The van der Waals surface area contributed by atoms with Crippen molar-refractivity contribution in [1.29, 1.82) is 0 Å². The summed E-state index contributed by atoms with van der Waals surface area (Å²) in [5, 5.41) is 3.90. The van der Waals surface area contributed by atoms with E-state index in [1.807, 2.05) is 29.8 Å². The number of hydrogen-bond acceptors (Lipinski definition) is 3. The van der Waals surface area contributed by atoms with Gasteiger partial charge in [-0.05, 0) is 35.4 Å². The molecule has 62 valence electrons. The largest absolute Gasteiger partial charge is 0.455 e. The predicted molar refractivity (Wildman–Crippen MR) is 47.9 cm³/mol. The van der Waals surface area contributed by atoms with Crippen LogP contribution >= 0.6 is 11.3 Å². The lowest BCUT2D eigenvalue weighted by Crippen LogP contribution is -2.02. The highest BCUT2D eigenvalue weighted by atomic mass is 32.1. The highest BCUT2D eigenvalue weighted by Gasteiger charge is 2.23. The molecule has 0 N–H and O–H groups in total. The zero-order valence-corrected chi connectivity index (χ0v) is 7.43. The second kappa shape index (κ2) is 2.75. The molecule has 2 nitrogen and oxygen atoms in total. The molecule has 2 heterocycles. The third kappa shape index (κ3) is 1.16. The Morgan fingerprint density at radius 2 is 2.42 bits per heavy atom. The van der Waals surface area contributed by atoms with Crippen LogP contribution in [0.1, 0.15) is 12.5 Å². The monoisotopic (exact) mass is 180 g/mol. The van der Waals surface area contributed by atoms with Gasteiger partial charge in [-0.2, -0.15) is 11.3 Å². The highest BCUT2D eigenvalue weighted by Crippen LogP contribution is 2.25. The Balaban J connectivity index is 2.36. The topological polar surface area (TPSA) is 26.3 Å². The number of rotatable bonds is 1. The summed E-state index contributed by atoms with van der Waals surface area (Å²) in [6.45, 7) is 1.86. The van der Waals surface area contributed by atoms with Gasteiger partial charge in [-0.1, -0.05) is 0 Å². The maximum absolute atomic E-state index is 11.2. The van der Waals surface area contributed by atoms with E-state index in [0.29, 0.717) is 5.57 Å². The van der Waals surface area contributed by atoms with E-state index >= 15 is 0 Å². The van der Waals surface area contributed by atoms with Gasteiger partial charge in [0.1, 0.15) is 6.10 Å². The lowest BCUT2D eigenvalue weighted by molar-refractivity contribution is -0.137. The van der Waals surface area contributed by atoms with Crippen LogP contribution in [0.3, 0.4) is 0 Å². The van der Waals surface area contributed by atoms with Crippen LogP contribution in [-0.2, 0) is 9.53 Å². The summed E-state index contributed by atoms with van der Waals surface area (Å²) >= 11 is 1.58. The molecule has 0 aromatic carbocycles. The maximum Gasteiger partial charge on any atom is 0.339 e. The molecule has 1 aromatic rings. The number of ether oxygens (including phenoxy) is 1. The first-order valence-corrected chi connectivity index (χ1v) is 4.67. The van der Waals surface area contributed by atoms with Crippen molar-refractivity contribution in [3.05, 3.63) is 28.5 Å². The molecule has 2 rings (SSSR count). The van der Waals surface area contributed by atoms with Crippen molar-refractivity contribution in [2.24, 2.45) is 0 Å². The summed E-state index contributed by atoms with van der Waals surface area (Å²) < 4.78 is 4.97. The third-order valence-electron chi connectivity index (χ3n) is 1.75. The average molecular weight is 180 g/mol. The molecular formula is C9H8O2S. The van der Waals surface area contributed by atoms with Crippen LogP contribution < -0.4 is 0 Å². The fraction of sp³-hybridized carbons (Fsp3) is 0.222. The van der Waals surface area contributed by atoms with Crippen LogP contribution in [0.25, 0.3) is 5.57 Å². The van der Waals surface area contributed by atoms with E-state index in [0.717, 1.165) is 5.56 Å². The molecule has 3 heteroatoms. The SMILES string of the molecule is CC1C=C(c2ccsc2)C(=O)O1. The van der Waals surface area contributed by atoms with Crippen LogP contribution in [0.4, 0.5) is 0 Å². The number of esters is 1. The van der Waals surface area contributed by atoms with Gasteiger partial charge in [-0.25, -0.2) is 4.79 Å². The highest BCUT2D eigenvalue weighted by molar-refractivity contribution is 7.08. The Morgan fingerprint density at radius 3 is 2.92 bits per heavy atom. The Bertz CT molecular complexity index is 324. The Morgan fingerprint density at radius 1 is 1.58 bits per heavy atom. The number of hydrogen-bond donors (Lipinski definition) is 0. The van der Waals surface area contributed by atoms with Crippen molar-refractivity contribution in [2.45, 2.75) is 13.0 Å². The normalized spacial score (nSPS) is 22.2. The van der Waals surface area contributed by atoms with Gasteiger partial charge in [-0.15, -0.1) is 0 Å². The van der Waals surface area contributed by atoms with Gasteiger partial charge in [0.15, 0.2) is 0 Å². The molecule has 0 bridgehead atoms. The van der Waals surface area contributed by atoms with Crippen LogP contribution in [0.15, 0.2) is 22.9 Å². The van der Waals surface area contributed by atoms with E-state index in [1.165, 1.54) is 0 Å². The van der Waals surface area contributed by atoms with Crippen molar-refractivity contribution < 1.29 is 9.53 Å². The number of thiophene rings is 1. The summed E-state index contributed by atoms with van der Waals surface area (Å²) in [5.41, 5.74) is 1.66. The van der Waals surface area contributed by atoms with E-state index < -0.39 is 0 Å². The average Bonchev–Trinajstić information content (AvgIpc) is 2.58. The van der Waals surface area contributed by atoms with Crippen LogP contribution in [-0.4, -0.2) is 12.1 Å². The second-order valence-electron chi connectivity index (χ2n) is 2.70. The smallest absolute Gasteiger partial charge is 0.339 e. The molecule has 1 unspecified atom stereocenters. The predicted octanol–water partition coefficient (Wildman–Crippen LogP) is 2.08. The fourth-order valence-corrected chi connectivity index (χ4v) is 1.86. The molecular weight excluding hydrogens is 172 g/mol. The van der Waals surface area contributed by atoms with E-state index in [2.05, 4.69) is 0 Å². The number of carbonyl (C=O) groups is 1. The molecule has 0 saturated heterocycles. The van der Waals surface area contributed by atoms with Crippen molar-refractivity contribution in [1.82, 2.24) is 0 Å². The number of carbonyl (C=O) groups excluding carboxylic acids is 1.